The van der Waals surface area contributed by atoms with Gasteiger partial charge in [-0.3, -0.25) is 9.79 Å². The predicted octanol–water partition coefficient (Wildman–Crippen LogP) is 5.13. The number of carbonyl (C=O) groups excluding carboxylic acids is 2. The molecule has 1 aliphatic heterocycles. The number of alkyl halides is 3. The topological polar surface area (TPSA) is 55.7 Å². The van der Waals surface area contributed by atoms with Gasteiger partial charge in [0, 0.05) is 11.8 Å². The van der Waals surface area contributed by atoms with Crippen LogP contribution in [0.1, 0.15) is 41.8 Å². The third-order valence-electron chi connectivity index (χ3n) is 4.79. The smallest absolute Gasteiger partial charge is 0.416 e. The summed E-state index contributed by atoms with van der Waals surface area (Å²) in [6.07, 6.45) is -0.992. The number of ether oxygens (including phenoxy) is 1. The summed E-state index contributed by atoms with van der Waals surface area (Å²) in [5, 5.41) is 0. The number of rotatable bonds is 5. The number of hydrogen-bond acceptors (Lipinski definition) is 4. The van der Waals surface area contributed by atoms with Crippen molar-refractivity contribution in [2.24, 2.45) is 4.99 Å². The average Bonchev–Trinajstić information content (AvgIpc) is 3.14. The molecule has 3 rings (SSSR count). The van der Waals surface area contributed by atoms with Gasteiger partial charge >= 0.3 is 12.1 Å². The largest absolute Gasteiger partial charge is 0.423 e. The molecule has 1 heterocycles. The minimum atomic E-state index is -4.42. The van der Waals surface area contributed by atoms with Crippen LogP contribution in [0.5, 0.6) is 5.75 Å². The van der Waals surface area contributed by atoms with Crippen molar-refractivity contribution in [3.8, 4) is 5.75 Å². The first-order valence-corrected chi connectivity index (χ1v) is 8.93. The first kappa shape index (κ1) is 20.5. The van der Waals surface area contributed by atoms with Crippen molar-refractivity contribution in [1.82, 2.24) is 0 Å². The van der Waals surface area contributed by atoms with Crippen molar-refractivity contribution in [3.63, 3.8) is 0 Å². The molecule has 0 fully saturated rings. The van der Waals surface area contributed by atoms with Gasteiger partial charge in [-0.25, -0.2) is 4.79 Å². The summed E-state index contributed by atoms with van der Waals surface area (Å²) in [4.78, 5) is 28.1. The maximum absolute atomic E-state index is 12.8. The third kappa shape index (κ3) is 4.29. The van der Waals surface area contributed by atoms with E-state index in [0.29, 0.717) is 17.5 Å². The molecule has 2 aromatic carbocycles. The van der Waals surface area contributed by atoms with E-state index in [1.165, 1.54) is 37.4 Å². The number of Topliss-reactive ketones (excluding diaryl/α,β-unsaturated/α-hetero) is 1. The normalized spacial score (nSPS) is 18.4. The van der Waals surface area contributed by atoms with E-state index in [-0.39, 0.29) is 17.1 Å². The number of ketones is 1. The molecule has 29 heavy (non-hydrogen) atoms. The number of halogens is 3. The standard InChI is InChI=1S/C22H18F3NO3/c1-3-21(17-6-8-18(9-7-17)22(23,24)25)12-16(13-26-21)20(28)29-19-10-4-15(5-11-19)14(2)27/h4-13H,3H2,1-2H3. The van der Waals surface area contributed by atoms with Crippen LogP contribution in [0.2, 0.25) is 0 Å². The number of carbonyl (C=O) groups is 2. The minimum absolute atomic E-state index is 0.0993. The fourth-order valence-corrected chi connectivity index (χ4v) is 3.05. The highest BCUT2D eigenvalue weighted by Crippen LogP contribution is 2.37. The van der Waals surface area contributed by atoms with E-state index in [9.17, 15) is 22.8 Å². The molecule has 0 saturated carbocycles. The van der Waals surface area contributed by atoms with Crippen molar-refractivity contribution in [2.45, 2.75) is 32.0 Å². The van der Waals surface area contributed by atoms with Crippen LogP contribution >= 0.6 is 0 Å². The molecule has 0 bridgehead atoms. The van der Waals surface area contributed by atoms with E-state index in [4.69, 9.17) is 4.74 Å². The molecular weight excluding hydrogens is 383 g/mol. The van der Waals surface area contributed by atoms with Crippen molar-refractivity contribution in [3.05, 3.63) is 76.9 Å². The van der Waals surface area contributed by atoms with E-state index in [1.807, 2.05) is 6.92 Å². The summed E-state index contributed by atoms with van der Waals surface area (Å²) >= 11 is 0. The fraction of sp³-hybridized carbons (Fsp3) is 0.227. The summed E-state index contributed by atoms with van der Waals surface area (Å²) in [6.45, 7) is 3.27. The van der Waals surface area contributed by atoms with E-state index in [2.05, 4.69) is 4.99 Å². The van der Waals surface area contributed by atoms with Crippen LogP contribution in [0.3, 0.4) is 0 Å². The Balaban J connectivity index is 1.80. The molecule has 0 amide bonds. The van der Waals surface area contributed by atoms with Gasteiger partial charge in [0.25, 0.3) is 0 Å². The van der Waals surface area contributed by atoms with Crippen LogP contribution < -0.4 is 4.74 Å². The van der Waals surface area contributed by atoms with Crippen LogP contribution in [0.4, 0.5) is 13.2 Å². The van der Waals surface area contributed by atoms with E-state index in [1.54, 1.807) is 18.2 Å². The summed E-state index contributed by atoms with van der Waals surface area (Å²) in [5.74, 6) is -0.456. The SMILES string of the molecule is CCC1(c2ccc(C(F)(F)F)cc2)C=C(C(=O)Oc2ccc(C(C)=O)cc2)C=N1. The van der Waals surface area contributed by atoms with Gasteiger partial charge < -0.3 is 4.74 Å². The van der Waals surface area contributed by atoms with Crippen LogP contribution in [0.15, 0.2) is 65.2 Å². The number of aliphatic imine (C=N–C) groups is 1. The molecule has 0 aromatic heterocycles. The number of benzene rings is 2. The molecule has 0 radical (unpaired) electrons. The van der Waals surface area contributed by atoms with E-state index in [0.717, 1.165) is 12.1 Å². The van der Waals surface area contributed by atoms with E-state index < -0.39 is 23.2 Å². The number of hydrogen-bond donors (Lipinski definition) is 0. The Kier molecular flexibility index (Phi) is 5.42. The van der Waals surface area contributed by atoms with Crippen molar-refractivity contribution in [1.29, 1.82) is 0 Å². The Bertz CT molecular complexity index is 989. The van der Waals surface area contributed by atoms with E-state index >= 15 is 0 Å². The first-order valence-electron chi connectivity index (χ1n) is 8.93. The fourth-order valence-electron chi connectivity index (χ4n) is 3.05. The average molecular weight is 401 g/mol. The zero-order valence-electron chi connectivity index (χ0n) is 15.8. The maximum Gasteiger partial charge on any atom is 0.416 e. The van der Waals surface area contributed by atoms with Gasteiger partial charge in [-0.2, -0.15) is 13.2 Å². The second kappa shape index (κ2) is 7.66. The quantitative estimate of drug-likeness (QED) is 0.397. The van der Waals surface area contributed by atoms with Gasteiger partial charge in [-0.05, 0) is 61.4 Å². The van der Waals surface area contributed by atoms with Crippen molar-refractivity contribution >= 4 is 18.0 Å². The summed E-state index contributed by atoms with van der Waals surface area (Å²) < 4.78 is 43.7. The molecular formula is C22H18F3NO3. The number of esters is 1. The molecule has 4 nitrogen and oxygen atoms in total. The van der Waals surface area contributed by atoms with Gasteiger partial charge in [0.15, 0.2) is 5.78 Å². The first-order chi connectivity index (χ1) is 13.6. The summed E-state index contributed by atoms with van der Waals surface area (Å²) in [5.41, 5.74) is -0.400. The van der Waals surface area contributed by atoms with Crippen LogP contribution in [-0.2, 0) is 16.5 Å². The number of nitrogens with zero attached hydrogens (tertiary/aromatic N) is 1. The lowest BCUT2D eigenvalue weighted by molar-refractivity contribution is -0.137. The molecule has 0 N–H and O–H groups in total. The predicted molar refractivity (Wildman–Crippen MR) is 102 cm³/mol. The van der Waals surface area contributed by atoms with Crippen LogP contribution in [0, 0.1) is 0 Å². The highest BCUT2D eigenvalue weighted by atomic mass is 19.4. The molecule has 1 unspecified atom stereocenters. The summed E-state index contributed by atoms with van der Waals surface area (Å²) in [7, 11) is 0. The molecule has 1 aliphatic rings. The molecule has 0 spiro atoms. The Hall–Kier alpha value is -3.22. The van der Waals surface area contributed by atoms with Gasteiger partial charge in [0.05, 0.1) is 11.1 Å². The van der Waals surface area contributed by atoms with Crippen molar-refractivity contribution in [2.75, 3.05) is 0 Å². The van der Waals surface area contributed by atoms with Gasteiger partial charge in [-0.15, -0.1) is 0 Å². The van der Waals surface area contributed by atoms with Crippen LogP contribution in [-0.4, -0.2) is 18.0 Å². The molecule has 2 aromatic rings. The lowest BCUT2D eigenvalue weighted by Crippen LogP contribution is -2.19. The second-order valence-corrected chi connectivity index (χ2v) is 6.68. The lowest BCUT2D eigenvalue weighted by Gasteiger charge is -2.23. The zero-order chi connectivity index (χ0) is 21.2. The highest BCUT2D eigenvalue weighted by Gasteiger charge is 2.35. The molecule has 0 saturated heterocycles. The zero-order valence-corrected chi connectivity index (χ0v) is 15.8. The van der Waals surface area contributed by atoms with Crippen molar-refractivity contribution < 1.29 is 27.5 Å². The second-order valence-electron chi connectivity index (χ2n) is 6.68. The Morgan fingerprint density at radius 1 is 1.03 bits per heavy atom. The molecule has 7 heteroatoms. The Labute approximate surface area is 165 Å². The Morgan fingerprint density at radius 3 is 2.17 bits per heavy atom. The van der Waals surface area contributed by atoms with Gasteiger partial charge in [-0.1, -0.05) is 19.1 Å². The summed E-state index contributed by atoms with van der Waals surface area (Å²) in [6, 6.07) is 10.9. The molecule has 150 valence electrons. The monoisotopic (exact) mass is 401 g/mol. The van der Waals surface area contributed by atoms with Gasteiger partial charge in [0.1, 0.15) is 11.3 Å². The molecule has 1 atom stereocenters. The van der Waals surface area contributed by atoms with Gasteiger partial charge in [0.2, 0.25) is 0 Å². The lowest BCUT2D eigenvalue weighted by atomic mass is 9.87. The molecule has 0 aliphatic carbocycles. The third-order valence-corrected chi connectivity index (χ3v) is 4.79. The Morgan fingerprint density at radius 2 is 1.66 bits per heavy atom. The minimum Gasteiger partial charge on any atom is -0.423 e. The van der Waals surface area contributed by atoms with Crippen LogP contribution in [0.25, 0.3) is 0 Å². The maximum atomic E-state index is 12.8. The highest BCUT2D eigenvalue weighted by molar-refractivity contribution is 6.11.